The lowest BCUT2D eigenvalue weighted by Crippen LogP contribution is -2.46. The van der Waals surface area contributed by atoms with Gasteiger partial charge in [-0.2, -0.15) is 0 Å². The molecule has 1 unspecified atom stereocenters. The van der Waals surface area contributed by atoms with Crippen molar-refractivity contribution >= 4 is 23.7 Å². The summed E-state index contributed by atoms with van der Waals surface area (Å²) in [5, 5.41) is 15.1. The molecule has 0 aromatic rings. The number of amides is 3. The van der Waals surface area contributed by atoms with Gasteiger partial charge in [0.05, 0.1) is 6.54 Å². The molecular weight excluding hydrogens is 230 g/mol. The molecule has 1 heterocycles. The molecule has 0 radical (unpaired) electrons. The predicted octanol–water partition coefficient (Wildman–Crippen LogP) is -2.42. The largest absolute Gasteiger partial charge is 0.480 e. The molecule has 1 aliphatic rings. The number of carboxylic acids is 1. The number of hydrogen-bond acceptors (Lipinski definition) is 4. The molecule has 0 spiro atoms. The van der Waals surface area contributed by atoms with Gasteiger partial charge in [-0.15, -0.1) is 0 Å². The second kappa shape index (κ2) is 5.83. The standard InChI is InChI=1S/C9H13N3O5/c13-6-2-1-5(12-6)9(17)11-3-7(14)10-4-8(15)16/h5H,1-4H2,(H,10,14)(H,11,17)(H,12,13)(H,15,16). The van der Waals surface area contributed by atoms with E-state index in [9.17, 15) is 19.2 Å². The average Bonchev–Trinajstić information content (AvgIpc) is 2.70. The Kier molecular flexibility index (Phi) is 4.44. The van der Waals surface area contributed by atoms with E-state index in [1.807, 2.05) is 0 Å². The molecule has 4 N–H and O–H groups in total. The van der Waals surface area contributed by atoms with Crippen molar-refractivity contribution < 1.29 is 24.3 Å². The van der Waals surface area contributed by atoms with E-state index < -0.39 is 30.4 Å². The van der Waals surface area contributed by atoms with Crippen LogP contribution in [0.4, 0.5) is 0 Å². The minimum Gasteiger partial charge on any atom is -0.480 e. The molecule has 0 bridgehead atoms. The van der Waals surface area contributed by atoms with E-state index >= 15 is 0 Å². The third kappa shape index (κ3) is 4.49. The zero-order chi connectivity index (χ0) is 12.8. The first kappa shape index (κ1) is 12.9. The predicted molar refractivity (Wildman–Crippen MR) is 54.8 cm³/mol. The third-order valence-electron chi connectivity index (χ3n) is 2.17. The zero-order valence-electron chi connectivity index (χ0n) is 8.99. The maximum absolute atomic E-state index is 11.4. The molecule has 94 valence electrons. The summed E-state index contributed by atoms with van der Waals surface area (Å²) in [6.45, 7) is -0.798. The third-order valence-corrected chi connectivity index (χ3v) is 2.17. The van der Waals surface area contributed by atoms with Crippen molar-refractivity contribution in [2.75, 3.05) is 13.1 Å². The monoisotopic (exact) mass is 243 g/mol. The van der Waals surface area contributed by atoms with Crippen LogP contribution in [0.2, 0.25) is 0 Å². The molecule has 1 atom stereocenters. The van der Waals surface area contributed by atoms with Crippen LogP contribution in [0.1, 0.15) is 12.8 Å². The van der Waals surface area contributed by atoms with Crippen LogP contribution < -0.4 is 16.0 Å². The number of rotatable bonds is 5. The molecule has 1 rings (SSSR count). The molecule has 0 aromatic heterocycles. The first-order valence-electron chi connectivity index (χ1n) is 5.04. The Hall–Kier alpha value is -2.12. The Labute approximate surface area is 96.7 Å². The molecule has 3 amide bonds. The fraction of sp³-hybridized carbons (Fsp3) is 0.556. The van der Waals surface area contributed by atoms with Crippen LogP contribution in [-0.2, 0) is 19.2 Å². The van der Waals surface area contributed by atoms with E-state index in [1.165, 1.54) is 0 Å². The molecule has 0 aliphatic carbocycles. The van der Waals surface area contributed by atoms with Crippen LogP contribution in [0.25, 0.3) is 0 Å². The lowest BCUT2D eigenvalue weighted by Gasteiger charge is -2.10. The lowest BCUT2D eigenvalue weighted by molar-refractivity contribution is -0.137. The van der Waals surface area contributed by atoms with Crippen LogP contribution in [-0.4, -0.2) is 47.9 Å². The van der Waals surface area contributed by atoms with Crippen molar-refractivity contribution in [1.29, 1.82) is 0 Å². The smallest absolute Gasteiger partial charge is 0.322 e. The van der Waals surface area contributed by atoms with Gasteiger partial charge in [-0.25, -0.2) is 0 Å². The van der Waals surface area contributed by atoms with Crippen LogP contribution in [0.5, 0.6) is 0 Å². The van der Waals surface area contributed by atoms with Gasteiger partial charge in [0.2, 0.25) is 17.7 Å². The van der Waals surface area contributed by atoms with Gasteiger partial charge in [0.1, 0.15) is 12.6 Å². The molecule has 1 saturated heterocycles. The van der Waals surface area contributed by atoms with E-state index in [1.54, 1.807) is 0 Å². The Bertz CT molecular complexity index is 355. The summed E-state index contributed by atoms with van der Waals surface area (Å²) in [5.41, 5.74) is 0. The SMILES string of the molecule is O=C(O)CNC(=O)CNC(=O)C1CCC(=O)N1. The van der Waals surface area contributed by atoms with E-state index in [0.29, 0.717) is 12.8 Å². The van der Waals surface area contributed by atoms with Crippen molar-refractivity contribution in [3.05, 3.63) is 0 Å². The highest BCUT2D eigenvalue weighted by Gasteiger charge is 2.27. The van der Waals surface area contributed by atoms with Crippen LogP contribution >= 0.6 is 0 Å². The molecular formula is C9H13N3O5. The maximum atomic E-state index is 11.4. The molecule has 1 aliphatic heterocycles. The van der Waals surface area contributed by atoms with Gasteiger partial charge in [0, 0.05) is 6.42 Å². The Morgan fingerprint density at radius 2 is 2.00 bits per heavy atom. The molecule has 8 nitrogen and oxygen atoms in total. The lowest BCUT2D eigenvalue weighted by atomic mass is 10.2. The summed E-state index contributed by atoms with van der Waals surface area (Å²) >= 11 is 0. The van der Waals surface area contributed by atoms with Crippen LogP contribution in [0.3, 0.4) is 0 Å². The van der Waals surface area contributed by atoms with Crippen molar-refractivity contribution in [3.8, 4) is 0 Å². The van der Waals surface area contributed by atoms with Crippen LogP contribution in [0, 0.1) is 0 Å². The number of nitrogens with one attached hydrogen (secondary N) is 3. The average molecular weight is 243 g/mol. The fourth-order valence-corrected chi connectivity index (χ4v) is 1.34. The van der Waals surface area contributed by atoms with E-state index in [2.05, 4.69) is 16.0 Å². The first-order valence-corrected chi connectivity index (χ1v) is 5.04. The highest BCUT2D eigenvalue weighted by molar-refractivity contribution is 5.93. The first-order chi connectivity index (χ1) is 7.99. The molecule has 0 aromatic carbocycles. The normalized spacial score (nSPS) is 18.4. The van der Waals surface area contributed by atoms with Crippen molar-refractivity contribution in [2.24, 2.45) is 0 Å². The maximum Gasteiger partial charge on any atom is 0.322 e. The number of carboxylic acid groups (broad SMARTS) is 1. The van der Waals surface area contributed by atoms with Gasteiger partial charge in [-0.05, 0) is 6.42 Å². The van der Waals surface area contributed by atoms with E-state index in [4.69, 9.17) is 5.11 Å². The van der Waals surface area contributed by atoms with Crippen LogP contribution in [0.15, 0.2) is 0 Å². The molecule has 8 heteroatoms. The minimum absolute atomic E-state index is 0.194. The number of carbonyl (C=O) groups excluding carboxylic acids is 3. The molecule has 17 heavy (non-hydrogen) atoms. The van der Waals surface area contributed by atoms with Gasteiger partial charge < -0.3 is 21.1 Å². The Balaban J connectivity index is 2.21. The topological polar surface area (TPSA) is 125 Å². The van der Waals surface area contributed by atoms with E-state index in [0.717, 1.165) is 0 Å². The second-order valence-corrected chi connectivity index (χ2v) is 3.55. The summed E-state index contributed by atoms with van der Waals surface area (Å²) < 4.78 is 0. The molecule has 1 fully saturated rings. The Morgan fingerprint density at radius 1 is 1.29 bits per heavy atom. The van der Waals surface area contributed by atoms with Gasteiger partial charge in [-0.1, -0.05) is 0 Å². The fourth-order valence-electron chi connectivity index (χ4n) is 1.34. The van der Waals surface area contributed by atoms with Gasteiger partial charge in [-0.3, -0.25) is 19.2 Å². The highest BCUT2D eigenvalue weighted by Crippen LogP contribution is 2.05. The van der Waals surface area contributed by atoms with Crippen molar-refractivity contribution in [1.82, 2.24) is 16.0 Å². The summed E-state index contributed by atoms with van der Waals surface area (Å²) in [4.78, 5) is 43.4. The number of hydrogen-bond donors (Lipinski definition) is 4. The summed E-state index contributed by atoms with van der Waals surface area (Å²) in [5.74, 6) is -2.39. The minimum atomic E-state index is -1.16. The second-order valence-electron chi connectivity index (χ2n) is 3.55. The Morgan fingerprint density at radius 3 is 2.53 bits per heavy atom. The highest BCUT2D eigenvalue weighted by atomic mass is 16.4. The zero-order valence-corrected chi connectivity index (χ0v) is 8.99. The summed E-state index contributed by atoms with van der Waals surface area (Å²) in [6.07, 6.45) is 0.699. The quantitative estimate of drug-likeness (QED) is 0.428. The molecule has 0 saturated carbocycles. The summed E-state index contributed by atoms with van der Waals surface area (Å²) in [7, 11) is 0. The van der Waals surface area contributed by atoms with Gasteiger partial charge in [0.15, 0.2) is 0 Å². The van der Waals surface area contributed by atoms with Gasteiger partial charge >= 0.3 is 5.97 Å². The number of carbonyl (C=O) groups is 4. The van der Waals surface area contributed by atoms with Crippen molar-refractivity contribution in [3.63, 3.8) is 0 Å². The van der Waals surface area contributed by atoms with Crippen molar-refractivity contribution in [2.45, 2.75) is 18.9 Å². The number of aliphatic carboxylic acids is 1. The van der Waals surface area contributed by atoms with E-state index in [-0.39, 0.29) is 12.5 Å². The summed E-state index contributed by atoms with van der Waals surface area (Å²) in [6, 6.07) is -0.602. The van der Waals surface area contributed by atoms with Gasteiger partial charge in [0.25, 0.3) is 0 Å².